The van der Waals surface area contributed by atoms with E-state index in [1.165, 1.54) is 13.0 Å². The van der Waals surface area contributed by atoms with Gasteiger partial charge in [0.1, 0.15) is 18.8 Å². The fourth-order valence-corrected chi connectivity index (χ4v) is 1.90. The number of hydrogen-bond donors (Lipinski definition) is 0. The van der Waals surface area contributed by atoms with Crippen molar-refractivity contribution in [2.75, 3.05) is 6.54 Å². The van der Waals surface area contributed by atoms with Crippen LogP contribution in [0, 0.1) is 22.1 Å². The normalized spacial score (nSPS) is 25.9. The summed E-state index contributed by atoms with van der Waals surface area (Å²) in [6.45, 7) is 10.4. The molecule has 0 saturated heterocycles. The Morgan fingerprint density at radius 2 is 1.62 bits per heavy atom. The summed E-state index contributed by atoms with van der Waals surface area (Å²) in [5, 5.41) is 0. The van der Waals surface area contributed by atoms with Gasteiger partial charge in [-0.15, -0.1) is 10.2 Å². The third-order valence-electron chi connectivity index (χ3n) is 2.41. The lowest BCUT2D eigenvalue weighted by molar-refractivity contribution is -2.00. The highest BCUT2D eigenvalue weighted by Gasteiger charge is 2.23. The zero-order chi connectivity index (χ0) is 12.9. The molecule has 1 aliphatic heterocycles. The second-order valence-corrected chi connectivity index (χ2v) is 5.39. The van der Waals surface area contributed by atoms with Crippen LogP contribution in [-0.2, 0) is 0 Å². The van der Waals surface area contributed by atoms with Crippen molar-refractivity contribution in [3.63, 3.8) is 0 Å². The van der Waals surface area contributed by atoms with Crippen LogP contribution in [0.3, 0.4) is 0 Å². The van der Waals surface area contributed by atoms with Crippen LogP contribution in [0.15, 0.2) is 0 Å². The maximum absolute atomic E-state index is 8.49. The van der Waals surface area contributed by atoms with Gasteiger partial charge in [-0.2, -0.15) is 0 Å². The Morgan fingerprint density at radius 1 is 1.19 bits per heavy atom. The molecule has 0 radical (unpaired) electrons. The molecule has 5 nitrogen and oxygen atoms in total. The van der Waals surface area contributed by atoms with Crippen molar-refractivity contribution in [2.45, 2.75) is 40.2 Å². The Bertz CT molecular complexity index is 231. The minimum atomic E-state index is -4.94. The van der Waals surface area contributed by atoms with E-state index < -0.39 is 10.2 Å². The largest absolute Gasteiger partial charge is 0.237 e. The van der Waals surface area contributed by atoms with Crippen LogP contribution < -0.4 is 18.6 Å². The molecule has 0 bridgehead atoms. The Balaban J connectivity index is 0.000000385. The van der Waals surface area contributed by atoms with Crippen molar-refractivity contribution in [1.82, 2.24) is 0 Å². The van der Waals surface area contributed by atoms with Gasteiger partial charge in [0, 0.05) is 11.8 Å². The Kier molecular flexibility index (Phi) is 6.43. The van der Waals surface area contributed by atoms with Gasteiger partial charge in [-0.05, 0) is 20.3 Å². The Hall–Kier alpha value is -0.200. The highest BCUT2D eigenvalue weighted by Crippen LogP contribution is 2.15. The van der Waals surface area contributed by atoms with Crippen molar-refractivity contribution in [1.29, 1.82) is 0 Å². The first-order chi connectivity index (χ1) is 7.09. The molecule has 0 spiro atoms. The lowest BCUT2D eigenvalue weighted by atomic mass is 9.94. The van der Waals surface area contributed by atoms with Gasteiger partial charge < -0.3 is 0 Å². The smallest absolute Gasteiger partial charge is 0.146 e. The number of nitrogens with zero attached hydrogens (tertiary/aromatic N) is 1. The number of halogens is 1. The average Bonchev–Trinajstić information content (AvgIpc) is 1.98. The molecule has 96 valence electrons. The van der Waals surface area contributed by atoms with Crippen molar-refractivity contribution in [2.24, 2.45) is 11.8 Å². The summed E-state index contributed by atoms with van der Waals surface area (Å²) in [6, 6.07) is 0.681. The van der Waals surface area contributed by atoms with E-state index in [1.807, 2.05) is 0 Å². The van der Waals surface area contributed by atoms with Crippen LogP contribution >= 0.6 is 0 Å². The fraction of sp³-hybridized carbons (Fsp3) is 0.900. The van der Waals surface area contributed by atoms with Crippen LogP contribution in [0.25, 0.3) is 0 Å². The van der Waals surface area contributed by atoms with Crippen LogP contribution in [0.2, 0.25) is 0 Å². The SMILES string of the molecule is CC1C=[N+](C(C)C)CC(C)C1.[O-][Cl+3]([O-])([O-])[O-]. The molecule has 2 unspecified atom stereocenters. The quantitative estimate of drug-likeness (QED) is 0.479. The number of rotatable bonds is 1. The highest BCUT2D eigenvalue weighted by atomic mass is 35.7. The number of hydrogen-bond acceptors (Lipinski definition) is 4. The van der Waals surface area contributed by atoms with Crippen molar-refractivity contribution >= 4 is 6.21 Å². The van der Waals surface area contributed by atoms with Gasteiger partial charge in [-0.25, -0.2) is 23.2 Å². The van der Waals surface area contributed by atoms with Gasteiger partial charge in [0.25, 0.3) is 0 Å². The molecule has 2 atom stereocenters. The van der Waals surface area contributed by atoms with Crippen LogP contribution in [0.1, 0.15) is 34.1 Å². The molecule has 0 fully saturated rings. The summed E-state index contributed by atoms with van der Waals surface area (Å²) in [7, 11) is -4.94. The molecule has 0 aliphatic carbocycles. The fourth-order valence-electron chi connectivity index (χ4n) is 1.90. The summed E-state index contributed by atoms with van der Waals surface area (Å²) < 4.78 is 36.4. The summed E-state index contributed by atoms with van der Waals surface area (Å²) in [6.07, 6.45) is 3.76. The molecule has 0 amide bonds. The Labute approximate surface area is 98.8 Å². The topological polar surface area (TPSA) is 95.2 Å². The third kappa shape index (κ3) is 9.06. The molecule has 1 aliphatic rings. The molecule has 0 aromatic rings. The van der Waals surface area contributed by atoms with Gasteiger partial charge in [0.05, 0.1) is 0 Å². The van der Waals surface area contributed by atoms with E-state index in [0.29, 0.717) is 6.04 Å². The van der Waals surface area contributed by atoms with Crippen LogP contribution in [0.4, 0.5) is 0 Å². The maximum atomic E-state index is 8.49. The van der Waals surface area contributed by atoms with E-state index in [4.69, 9.17) is 18.6 Å². The second-order valence-electron chi connectivity index (χ2n) is 4.64. The van der Waals surface area contributed by atoms with Gasteiger partial charge in [-0.3, -0.25) is 0 Å². The monoisotopic (exact) mass is 253 g/mol. The van der Waals surface area contributed by atoms with E-state index >= 15 is 0 Å². The predicted octanol–water partition coefficient (Wildman–Crippen LogP) is -2.60. The zero-order valence-corrected chi connectivity index (χ0v) is 10.9. The highest BCUT2D eigenvalue weighted by molar-refractivity contribution is 5.55. The van der Waals surface area contributed by atoms with Crippen molar-refractivity contribution < 1.29 is 33.5 Å². The van der Waals surface area contributed by atoms with Crippen molar-refractivity contribution in [3.8, 4) is 0 Å². The summed E-state index contributed by atoms with van der Waals surface area (Å²) in [5.74, 6) is 1.65. The molecule has 1 heterocycles. The molecule has 0 aromatic carbocycles. The van der Waals surface area contributed by atoms with Crippen LogP contribution in [0.5, 0.6) is 0 Å². The van der Waals surface area contributed by atoms with Gasteiger partial charge in [-0.1, -0.05) is 13.8 Å². The maximum Gasteiger partial charge on any atom is 0.146 e. The zero-order valence-electron chi connectivity index (χ0n) is 10.2. The van der Waals surface area contributed by atoms with Crippen LogP contribution in [-0.4, -0.2) is 23.4 Å². The van der Waals surface area contributed by atoms with Gasteiger partial charge in [0.2, 0.25) is 0 Å². The third-order valence-corrected chi connectivity index (χ3v) is 2.41. The van der Waals surface area contributed by atoms with E-state index in [1.54, 1.807) is 0 Å². The molecule has 6 heteroatoms. The predicted molar refractivity (Wildman–Crippen MR) is 49.3 cm³/mol. The minimum Gasteiger partial charge on any atom is -0.237 e. The molecular weight excluding hydrogens is 234 g/mol. The Morgan fingerprint density at radius 3 is 1.94 bits per heavy atom. The first-order valence-electron chi connectivity index (χ1n) is 5.32. The minimum absolute atomic E-state index is 0.681. The van der Waals surface area contributed by atoms with E-state index in [9.17, 15) is 0 Å². The molecule has 16 heavy (non-hydrogen) atoms. The first kappa shape index (κ1) is 15.8. The van der Waals surface area contributed by atoms with Gasteiger partial charge in [0.15, 0.2) is 0 Å². The lowest BCUT2D eigenvalue weighted by Crippen LogP contribution is -2.68. The summed E-state index contributed by atoms with van der Waals surface area (Å²) in [5.41, 5.74) is 0. The molecule has 0 aromatic heterocycles. The van der Waals surface area contributed by atoms with E-state index in [2.05, 4.69) is 38.5 Å². The van der Waals surface area contributed by atoms with E-state index in [0.717, 1.165) is 11.8 Å². The second kappa shape index (κ2) is 6.51. The molecule has 0 N–H and O–H groups in total. The summed E-state index contributed by atoms with van der Waals surface area (Å²) in [4.78, 5) is 0. The van der Waals surface area contributed by atoms with Gasteiger partial charge >= 0.3 is 0 Å². The summed E-state index contributed by atoms with van der Waals surface area (Å²) >= 11 is 0. The van der Waals surface area contributed by atoms with E-state index in [-0.39, 0.29) is 0 Å². The molecule has 1 rings (SSSR count). The average molecular weight is 254 g/mol. The molecular formula is C10H20ClNO4. The molecule has 0 saturated carbocycles. The first-order valence-corrected chi connectivity index (χ1v) is 6.55. The lowest BCUT2D eigenvalue weighted by Gasteiger charge is -2.20. The standard InChI is InChI=1S/C10H20N.ClHO4/c1-8(2)11-6-9(3)5-10(4)7-11;2-1(3,4)5/h6,8-10H,5,7H2,1-4H3;(H,2,3,4,5)/q+1;/p-1. The van der Waals surface area contributed by atoms with Crippen molar-refractivity contribution in [3.05, 3.63) is 0 Å².